The number of methoxy groups -OCH3 is 1. The molecular weight excluding hydrogens is 373 g/mol. The number of ether oxygens (including phenoxy) is 1. The van der Waals surface area contributed by atoms with Gasteiger partial charge in [0.2, 0.25) is 0 Å². The lowest BCUT2D eigenvalue weighted by Crippen LogP contribution is -2.43. The van der Waals surface area contributed by atoms with Crippen molar-refractivity contribution in [3.63, 3.8) is 0 Å². The average molecular weight is 395 g/mol. The molecule has 5 rings (SSSR count). The lowest BCUT2D eigenvalue weighted by Gasteiger charge is -2.36. The summed E-state index contributed by atoms with van der Waals surface area (Å²) in [5.41, 5.74) is 2.87. The molecule has 7 heteroatoms. The van der Waals surface area contributed by atoms with Gasteiger partial charge in [0, 0.05) is 17.6 Å². The van der Waals surface area contributed by atoms with Crippen LogP contribution in [0.2, 0.25) is 0 Å². The van der Waals surface area contributed by atoms with E-state index < -0.39 is 0 Å². The van der Waals surface area contributed by atoms with Gasteiger partial charge in [0.05, 0.1) is 18.1 Å². The maximum atomic E-state index is 13.9. The van der Waals surface area contributed by atoms with Crippen LogP contribution in [0.3, 0.4) is 0 Å². The summed E-state index contributed by atoms with van der Waals surface area (Å²) in [5.74, 6) is -0.0526. The molecule has 0 saturated heterocycles. The zero-order valence-electron chi connectivity index (χ0n) is 16.1. The maximum absolute atomic E-state index is 13.9. The molecule has 3 aromatic rings. The molecule has 2 fully saturated rings. The third kappa shape index (κ3) is 3.20. The fourth-order valence-electron chi connectivity index (χ4n) is 4.18. The van der Waals surface area contributed by atoms with Gasteiger partial charge in [-0.2, -0.15) is 0 Å². The average Bonchev–Trinajstić information content (AvgIpc) is 3.45. The molecule has 29 heavy (non-hydrogen) atoms. The third-order valence-electron chi connectivity index (χ3n) is 6.01. The highest BCUT2D eigenvalue weighted by molar-refractivity contribution is 5.97. The molecule has 1 heterocycles. The van der Waals surface area contributed by atoms with E-state index in [1.54, 1.807) is 22.8 Å². The molecule has 0 aliphatic heterocycles. The van der Waals surface area contributed by atoms with Crippen LogP contribution < -0.4 is 15.7 Å². The third-order valence-corrected chi connectivity index (χ3v) is 6.01. The van der Waals surface area contributed by atoms with E-state index in [0.717, 1.165) is 36.8 Å². The fraction of sp³-hybridized carbons (Fsp3) is 0.364. The molecule has 2 saturated carbocycles. The normalized spacial score (nSPS) is 21.0. The first-order valence-corrected chi connectivity index (χ1v) is 9.92. The topological polar surface area (TPSA) is 76.1 Å². The number of aromatic nitrogens is 2. The van der Waals surface area contributed by atoms with Crippen molar-refractivity contribution in [2.45, 2.75) is 43.7 Å². The van der Waals surface area contributed by atoms with Crippen molar-refractivity contribution < 1.29 is 13.9 Å². The Morgan fingerprint density at radius 2 is 2.00 bits per heavy atom. The number of carbonyl (C=O) groups is 1. The van der Waals surface area contributed by atoms with Gasteiger partial charge in [-0.25, -0.2) is 9.18 Å². The summed E-state index contributed by atoms with van der Waals surface area (Å²) in [7, 11) is 1.45. The smallest absolute Gasteiger partial charge is 0.326 e. The number of benzene rings is 2. The van der Waals surface area contributed by atoms with Gasteiger partial charge in [0.25, 0.3) is 5.91 Å². The van der Waals surface area contributed by atoms with E-state index in [1.807, 2.05) is 12.1 Å². The van der Waals surface area contributed by atoms with Crippen molar-refractivity contribution >= 4 is 16.9 Å². The Morgan fingerprint density at radius 3 is 2.69 bits per heavy atom. The Labute approximate surface area is 166 Å². The van der Waals surface area contributed by atoms with Crippen LogP contribution in [0, 0.1) is 5.82 Å². The molecule has 2 aliphatic carbocycles. The molecule has 2 N–H and O–H groups in total. The first-order valence-electron chi connectivity index (χ1n) is 9.92. The molecular formula is C22H22FN3O3. The Morgan fingerprint density at radius 1 is 1.21 bits per heavy atom. The molecule has 0 bridgehead atoms. The number of amides is 1. The summed E-state index contributed by atoms with van der Waals surface area (Å²) in [6.07, 6.45) is 3.59. The number of hydrogen-bond donors (Lipinski definition) is 2. The molecule has 2 aromatic carbocycles. The van der Waals surface area contributed by atoms with E-state index >= 15 is 0 Å². The van der Waals surface area contributed by atoms with Gasteiger partial charge in [0.1, 0.15) is 0 Å². The van der Waals surface area contributed by atoms with Crippen LogP contribution in [0.4, 0.5) is 4.39 Å². The van der Waals surface area contributed by atoms with E-state index in [9.17, 15) is 14.0 Å². The Balaban J connectivity index is 1.25. The van der Waals surface area contributed by atoms with E-state index in [4.69, 9.17) is 4.74 Å². The Kier molecular flexibility index (Phi) is 4.19. The molecule has 6 nitrogen and oxygen atoms in total. The number of nitrogens with one attached hydrogen (secondary N) is 2. The second-order valence-electron chi connectivity index (χ2n) is 8.00. The summed E-state index contributed by atoms with van der Waals surface area (Å²) in [6, 6.07) is 10.7. The van der Waals surface area contributed by atoms with Gasteiger partial charge < -0.3 is 15.0 Å². The van der Waals surface area contributed by atoms with Crippen molar-refractivity contribution in [1.29, 1.82) is 0 Å². The summed E-state index contributed by atoms with van der Waals surface area (Å²) < 4.78 is 20.6. The minimum absolute atomic E-state index is 0.0588. The zero-order chi connectivity index (χ0) is 20.1. The molecule has 1 amide bonds. The number of imidazole rings is 1. The van der Waals surface area contributed by atoms with Gasteiger partial charge in [-0.1, -0.05) is 6.07 Å². The van der Waals surface area contributed by atoms with Crippen LogP contribution in [0.1, 0.15) is 53.6 Å². The standard InChI is InChI=1S/C22H22FN3O3/c1-29-20-7-3-12(10-17(20)23)14-8-15(9-14)24-21(27)13-2-6-19-18(11-13)25-22(28)26(19)16-4-5-16/h2-3,6-7,10-11,14-16H,4-5,8-9H2,1H3,(H,24,27)(H,25,28). The van der Waals surface area contributed by atoms with Gasteiger partial charge in [-0.15, -0.1) is 0 Å². The quantitative estimate of drug-likeness (QED) is 0.694. The Bertz CT molecular complexity index is 1160. The van der Waals surface area contributed by atoms with Crippen molar-refractivity contribution in [3.8, 4) is 5.75 Å². The first kappa shape index (κ1) is 18.0. The van der Waals surface area contributed by atoms with E-state index in [0.29, 0.717) is 11.1 Å². The van der Waals surface area contributed by atoms with Crippen molar-refractivity contribution in [1.82, 2.24) is 14.9 Å². The van der Waals surface area contributed by atoms with Crippen molar-refractivity contribution in [3.05, 3.63) is 63.8 Å². The summed E-state index contributed by atoms with van der Waals surface area (Å²) in [5, 5.41) is 3.03. The van der Waals surface area contributed by atoms with E-state index in [1.165, 1.54) is 13.2 Å². The number of aromatic amines is 1. The van der Waals surface area contributed by atoms with Crippen LogP contribution in [-0.4, -0.2) is 28.6 Å². The maximum Gasteiger partial charge on any atom is 0.326 e. The van der Waals surface area contributed by atoms with Gasteiger partial charge in [0.15, 0.2) is 11.6 Å². The summed E-state index contributed by atoms with van der Waals surface area (Å²) >= 11 is 0. The predicted molar refractivity (Wildman–Crippen MR) is 107 cm³/mol. The van der Waals surface area contributed by atoms with Gasteiger partial charge >= 0.3 is 5.69 Å². The van der Waals surface area contributed by atoms with Crippen LogP contribution in [0.25, 0.3) is 11.0 Å². The highest BCUT2D eigenvalue weighted by Crippen LogP contribution is 2.38. The van der Waals surface area contributed by atoms with Gasteiger partial charge in [-0.05, 0) is 67.5 Å². The molecule has 1 aromatic heterocycles. The largest absolute Gasteiger partial charge is 0.494 e. The predicted octanol–water partition coefficient (Wildman–Crippen LogP) is 3.49. The molecule has 0 radical (unpaired) electrons. The first-order chi connectivity index (χ1) is 14.0. The minimum atomic E-state index is -0.363. The van der Waals surface area contributed by atoms with E-state index in [2.05, 4.69) is 10.3 Å². The molecule has 0 spiro atoms. The SMILES string of the molecule is COc1ccc(C2CC(NC(=O)c3ccc4c(c3)[nH]c(=O)n4C3CC3)C2)cc1F. The van der Waals surface area contributed by atoms with E-state index in [-0.39, 0.29) is 41.2 Å². The minimum Gasteiger partial charge on any atom is -0.494 e. The Hall–Kier alpha value is -3.09. The lowest BCUT2D eigenvalue weighted by molar-refractivity contribution is 0.0909. The highest BCUT2D eigenvalue weighted by atomic mass is 19.1. The molecule has 0 atom stereocenters. The zero-order valence-corrected chi connectivity index (χ0v) is 16.1. The van der Waals surface area contributed by atoms with Crippen LogP contribution in [-0.2, 0) is 0 Å². The number of nitrogens with zero attached hydrogens (tertiary/aromatic N) is 1. The summed E-state index contributed by atoms with van der Waals surface area (Å²) in [6.45, 7) is 0. The lowest BCUT2D eigenvalue weighted by atomic mass is 9.75. The number of hydrogen-bond acceptors (Lipinski definition) is 3. The number of halogens is 1. The number of fused-ring (bicyclic) bond motifs is 1. The number of carbonyl (C=O) groups excluding carboxylic acids is 1. The monoisotopic (exact) mass is 395 g/mol. The second kappa shape index (κ2) is 6.76. The highest BCUT2D eigenvalue weighted by Gasteiger charge is 2.32. The fourth-order valence-corrected chi connectivity index (χ4v) is 4.18. The molecule has 0 unspecified atom stereocenters. The second-order valence-corrected chi connectivity index (χ2v) is 8.00. The van der Waals surface area contributed by atoms with Crippen molar-refractivity contribution in [2.24, 2.45) is 0 Å². The summed E-state index contributed by atoms with van der Waals surface area (Å²) in [4.78, 5) is 27.6. The number of H-pyrrole nitrogens is 1. The van der Waals surface area contributed by atoms with Crippen LogP contribution in [0.5, 0.6) is 5.75 Å². The van der Waals surface area contributed by atoms with Crippen LogP contribution >= 0.6 is 0 Å². The van der Waals surface area contributed by atoms with Crippen molar-refractivity contribution in [2.75, 3.05) is 7.11 Å². The number of rotatable bonds is 5. The van der Waals surface area contributed by atoms with Gasteiger partial charge in [-0.3, -0.25) is 9.36 Å². The van der Waals surface area contributed by atoms with Crippen LogP contribution in [0.15, 0.2) is 41.2 Å². The molecule has 150 valence electrons. The molecule has 2 aliphatic rings.